The Hall–Kier alpha value is -1.47. The van der Waals surface area contributed by atoms with Crippen LogP contribution in [-0.4, -0.2) is 46.5 Å². The van der Waals surface area contributed by atoms with E-state index in [2.05, 4.69) is 0 Å². The standard InChI is InChI=1S/C13H17FO5S/c1-18-6-3-7-20(16,17)9-12(15)10-4-5-13(19-2)11(14)8-10/h4-5,8H,3,6-7,9H2,1-2H3. The second-order valence-electron chi connectivity index (χ2n) is 4.21. The smallest absolute Gasteiger partial charge is 0.177 e. The number of sulfone groups is 1. The number of halogens is 1. The lowest BCUT2D eigenvalue weighted by molar-refractivity contribution is 0.102. The number of methoxy groups -OCH3 is 2. The summed E-state index contributed by atoms with van der Waals surface area (Å²) in [7, 11) is -0.737. The normalized spacial score (nSPS) is 11.3. The van der Waals surface area contributed by atoms with Crippen LogP contribution < -0.4 is 4.74 Å². The fourth-order valence-corrected chi connectivity index (χ4v) is 2.89. The van der Waals surface area contributed by atoms with Gasteiger partial charge in [0, 0.05) is 19.3 Å². The predicted octanol–water partition coefficient (Wildman–Crippen LogP) is 1.47. The molecular formula is C13H17FO5S. The lowest BCUT2D eigenvalue weighted by atomic mass is 10.1. The van der Waals surface area contributed by atoms with E-state index in [1.165, 1.54) is 26.4 Å². The molecule has 1 rings (SSSR count). The minimum absolute atomic E-state index is 0.00417. The average molecular weight is 304 g/mol. The Bertz CT molecular complexity index is 568. The Kier molecular flexibility index (Phi) is 6.09. The van der Waals surface area contributed by atoms with Gasteiger partial charge in [0.05, 0.1) is 12.9 Å². The van der Waals surface area contributed by atoms with E-state index in [1.807, 2.05) is 0 Å². The molecule has 0 atom stereocenters. The molecule has 0 unspecified atom stereocenters. The maximum atomic E-state index is 13.4. The molecule has 0 heterocycles. The van der Waals surface area contributed by atoms with Gasteiger partial charge in [0.15, 0.2) is 27.2 Å². The Labute approximate surface area is 117 Å². The van der Waals surface area contributed by atoms with Crippen LogP contribution in [0.25, 0.3) is 0 Å². The highest BCUT2D eigenvalue weighted by molar-refractivity contribution is 7.92. The van der Waals surface area contributed by atoms with Crippen LogP contribution in [0.3, 0.4) is 0 Å². The van der Waals surface area contributed by atoms with Gasteiger partial charge in [0.1, 0.15) is 5.75 Å². The molecule has 5 nitrogen and oxygen atoms in total. The summed E-state index contributed by atoms with van der Waals surface area (Å²) in [6.07, 6.45) is 0.323. The van der Waals surface area contributed by atoms with Gasteiger partial charge < -0.3 is 9.47 Å². The van der Waals surface area contributed by atoms with Crippen molar-refractivity contribution in [3.63, 3.8) is 0 Å². The van der Waals surface area contributed by atoms with Crippen molar-refractivity contribution in [3.8, 4) is 5.75 Å². The van der Waals surface area contributed by atoms with Crippen LogP contribution in [0.4, 0.5) is 4.39 Å². The van der Waals surface area contributed by atoms with Crippen LogP contribution >= 0.6 is 0 Å². The second kappa shape index (κ2) is 7.35. The average Bonchev–Trinajstić information content (AvgIpc) is 2.38. The van der Waals surface area contributed by atoms with Gasteiger partial charge in [-0.2, -0.15) is 0 Å². The van der Waals surface area contributed by atoms with Crippen LogP contribution in [0.1, 0.15) is 16.8 Å². The highest BCUT2D eigenvalue weighted by Crippen LogP contribution is 2.18. The van der Waals surface area contributed by atoms with Crippen molar-refractivity contribution < 1.29 is 27.1 Å². The predicted molar refractivity (Wildman–Crippen MR) is 72.4 cm³/mol. The molecule has 7 heteroatoms. The lowest BCUT2D eigenvalue weighted by Crippen LogP contribution is -2.20. The summed E-state index contributed by atoms with van der Waals surface area (Å²) in [5.74, 6) is -2.10. The summed E-state index contributed by atoms with van der Waals surface area (Å²) in [6, 6.07) is 3.61. The zero-order valence-corrected chi connectivity index (χ0v) is 12.2. The first-order chi connectivity index (χ1) is 9.39. The second-order valence-corrected chi connectivity index (χ2v) is 6.39. The number of ketones is 1. The Morgan fingerprint density at radius 1 is 1.30 bits per heavy atom. The molecule has 0 aliphatic heterocycles. The molecule has 0 saturated heterocycles. The van der Waals surface area contributed by atoms with Crippen molar-refractivity contribution in [1.29, 1.82) is 0 Å². The number of hydrogen-bond acceptors (Lipinski definition) is 5. The van der Waals surface area contributed by atoms with Crippen LogP contribution in [0.15, 0.2) is 18.2 Å². The van der Waals surface area contributed by atoms with Gasteiger partial charge in [-0.25, -0.2) is 12.8 Å². The van der Waals surface area contributed by atoms with Crippen molar-refractivity contribution in [3.05, 3.63) is 29.6 Å². The number of carbonyl (C=O) groups excluding carboxylic acids is 1. The first-order valence-corrected chi connectivity index (χ1v) is 7.78. The van der Waals surface area contributed by atoms with Gasteiger partial charge in [-0.1, -0.05) is 0 Å². The van der Waals surface area contributed by atoms with E-state index < -0.39 is 27.2 Å². The number of ether oxygens (including phenoxy) is 2. The van der Waals surface area contributed by atoms with Crippen molar-refractivity contribution >= 4 is 15.6 Å². The first kappa shape index (κ1) is 16.6. The van der Waals surface area contributed by atoms with Crippen molar-refractivity contribution in [2.75, 3.05) is 32.3 Å². The molecule has 0 aliphatic rings. The molecule has 0 radical (unpaired) electrons. The number of benzene rings is 1. The zero-order valence-electron chi connectivity index (χ0n) is 11.4. The third kappa shape index (κ3) is 4.90. The van der Waals surface area contributed by atoms with Crippen molar-refractivity contribution in [2.24, 2.45) is 0 Å². The molecule has 0 aromatic heterocycles. The summed E-state index contributed by atoms with van der Waals surface area (Å²) in [6.45, 7) is 0.310. The minimum atomic E-state index is -3.51. The minimum Gasteiger partial charge on any atom is -0.494 e. The Morgan fingerprint density at radius 3 is 2.55 bits per heavy atom. The van der Waals surface area contributed by atoms with Gasteiger partial charge in [0.2, 0.25) is 0 Å². The summed E-state index contributed by atoms with van der Waals surface area (Å²) in [5.41, 5.74) is 0.0126. The van der Waals surface area contributed by atoms with E-state index in [-0.39, 0.29) is 17.1 Å². The molecule has 0 spiro atoms. The van der Waals surface area contributed by atoms with Gasteiger partial charge in [-0.05, 0) is 24.6 Å². The molecule has 0 bridgehead atoms. The molecule has 1 aromatic carbocycles. The molecular weight excluding hydrogens is 287 g/mol. The first-order valence-electron chi connectivity index (χ1n) is 5.95. The number of hydrogen-bond donors (Lipinski definition) is 0. The largest absolute Gasteiger partial charge is 0.494 e. The van der Waals surface area contributed by atoms with Gasteiger partial charge >= 0.3 is 0 Å². The van der Waals surface area contributed by atoms with E-state index in [9.17, 15) is 17.6 Å². The lowest BCUT2D eigenvalue weighted by Gasteiger charge is -2.06. The maximum Gasteiger partial charge on any atom is 0.177 e. The Morgan fingerprint density at radius 2 is 2.00 bits per heavy atom. The van der Waals surface area contributed by atoms with Gasteiger partial charge in [0.25, 0.3) is 0 Å². The van der Waals surface area contributed by atoms with E-state index in [0.717, 1.165) is 6.07 Å². The molecule has 0 saturated carbocycles. The van der Waals surface area contributed by atoms with Gasteiger partial charge in [-0.15, -0.1) is 0 Å². The fraction of sp³-hybridized carbons (Fsp3) is 0.462. The van der Waals surface area contributed by atoms with Crippen LogP contribution in [-0.2, 0) is 14.6 Å². The molecule has 1 aromatic rings. The number of Topliss-reactive ketones (excluding diaryl/α,β-unsaturated/α-hetero) is 1. The van der Waals surface area contributed by atoms with Crippen LogP contribution in [0, 0.1) is 5.82 Å². The highest BCUT2D eigenvalue weighted by Gasteiger charge is 2.19. The van der Waals surface area contributed by atoms with Crippen molar-refractivity contribution in [2.45, 2.75) is 6.42 Å². The summed E-state index contributed by atoms with van der Waals surface area (Å²) in [4.78, 5) is 11.8. The molecule has 0 amide bonds. The van der Waals surface area contributed by atoms with E-state index >= 15 is 0 Å². The van der Waals surface area contributed by atoms with E-state index in [1.54, 1.807) is 0 Å². The number of rotatable bonds is 8. The third-order valence-electron chi connectivity index (χ3n) is 2.63. The van der Waals surface area contributed by atoms with E-state index in [0.29, 0.717) is 13.0 Å². The monoisotopic (exact) mass is 304 g/mol. The Balaban J connectivity index is 2.73. The van der Waals surface area contributed by atoms with Crippen molar-refractivity contribution in [1.82, 2.24) is 0 Å². The maximum absolute atomic E-state index is 13.4. The van der Waals surface area contributed by atoms with Crippen LogP contribution in [0.2, 0.25) is 0 Å². The molecule has 112 valence electrons. The highest BCUT2D eigenvalue weighted by atomic mass is 32.2. The summed E-state index contributed by atoms with van der Waals surface area (Å²) < 4.78 is 46.3. The zero-order chi connectivity index (χ0) is 15.2. The van der Waals surface area contributed by atoms with Crippen LogP contribution in [0.5, 0.6) is 5.75 Å². The molecule has 20 heavy (non-hydrogen) atoms. The molecule has 0 fully saturated rings. The topological polar surface area (TPSA) is 69.7 Å². The van der Waals surface area contributed by atoms with Gasteiger partial charge in [-0.3, -0.25) is 4.79 Å². The third-order valence-corrected chi connectivity index (χ3v) is 4.24. The summed E-state index contributed by atoms with van der Waals surface area (Å²) in [5, 5.41) is 0. The quantitative estimate of drug-likeness (QED) is 0.537. The molecule has 0 aliphatic carbocycles. The fourth-order valence-electron chi connectivity index (χ4n) is 1.62. The summed E-state index contributed by atoms with van der Waals surface area (Å²) >= 11 is 0. The van der Waals surface area contributed by atoms with E-state index in [4.69, 9.17) is 9.47 Å². The molecule has 0 N–H and O–H groups in total. The number of carbonyl (C=O) groups is 1. The SMILES string of the molecule is COCCCS(=O)(=O)CC(=O)c1ccc(OC)c(F)c1.